The van der Waals surface area contributed by atoms with Gasteiger partial charge in [-0.2, -0.15) is 12.6 Å². The van der Waals surface area contributed by atoms with E-state index in [4.69, 9.17) is 21.9 Å². The second kappa shape index (κ2) is 7.79. The molecule has 3 aliphatic rings. The molecule has 1 heterocycles. The second-order valence-corrected chi connectivity index (χ2v) is 9.28. The molecule has 0 amide bonds. The fraction of sp³-hybridized carbons (Fsp3) is 0.591. The van der Waals surface area contributed by atoms with Crippen LogP contribution in [0.1, 0.15) is 55.8 Å². The van der Waals surface area contributed by atoms with Crippen LogP contribution in [0, 0.1) is 11.8 Å². The van der Waals surface area contributed by atoms with Gasteiger partial charge in [-0.05, 0) is 62.5 Å². The maximum atomic E-state index is 12.9. The minimum atomic E-state index is -4.78. The van der Waals surface area contributed by atoms with Gasteiger partial charge in [0.1, 0.15) is 17.2 Å². The van der Waals surface area contributed by atoms with Gasteiger partial charge in [-0.25, -0.2) is 0 Å². The number of hydrogen-bond donors (Lipinski definition) is 1. The Morgan fingerprint density at radius 2 is 1.77 bits per heavy atom. The molecule has 1 aromatic carbocycles. The van der Waals surface area contributed by atoms with E-state index in [0.717, 1.165) is 37.0 Å². The van der Waals surface area contributed by atoms with Crippen molar-refractivity contribution in [2.75, 3.05) is 0 Å². The molecular weight excluding hydrogens is 415 g/mol. The summed E-state index contributed by atoms with van der Waals surface area (Å²) in [6.45, 7) is 0.284. The average Bonchev–Trinajstić information content (AvgIpc) is 3.42. The summed E-state index contributed by atoms with van der Waals surface area (Å²) in [5, 5.41) is 4.60. The third-order valence-corrected chi connectivity index (χ3v) is 7.45. The van der Waals surface area contributed by atoms with Gasteiger partial charge in [0.05, 0.1) is 12.7 Å². The van der Waals surface area contributed by atoms with Crippen LogP contribution in [0.5, 0.6) is 5.75 Å². The Bertz CT molecular complexity index is 897. The quantitative estimate of drug-likeness (QED) is 0.551. The van der Waals surface area contributed by atoms with E-state index in [1.54, 1.807) is 12.1 Å². The summed E-state index contributed by atoms with van der Waals surface area (Å²) < 4.78 is 54.8. The normalized spacial score (nSPS) is 28.7. The first kappa shape index (κ1) is 20.2. The van der Waals surface area contributed by atoms with Gasteiger partial charge in [0.2, 0.25) is 0 Å². The molecule has 3 aliphatic carbocycles. The summed E-state index contributed by atoms with van der Waals surface area (Å²) in [6, 6.07) is 6.05. The van der Waals surface area contributed by atoms with Gasteiger partial charge in [0, 0.05) is 22.3 Å². The van der Waals surface area contributed by atoms with Crippen molar-refractivity contribution in [3.63, 3.8) is 0 Å². The first-order valence-corrected chi connectivity index (χ1v) is 11.0. The van der Waals surface area contributed by atoms with Crippen LogP contribution in [0.25, 0.3) is 11.3 Å². The van der Waals surface area contributed by atoms with E-state index in [2.05, 4.69) is 9.89 Å². The lowest BCUT2D eigenvalue weighted by molar-refractivity contribution is -0.274. The van der Waals surface area contributed by atoms with Gasteiger partial charge in [-0.15, -0.1) is 13.2 Å². The first-order valence-electron chi connectivity index (χ1n) is 10.5. The average molecular weight is 439 g/mol. The van der Waals surface area contributed by atoms with E-state index >= 15 is 0 Å². The molecule has 2 unspecified atom stereocenters. The van der Waals surface area contributed by atoms with Gasteiger partial charge in [0.25, 0.3) is 0 Å². The molecule has 2 aromatic rings. The van der Waals surface area contributed by atoms with E-state index in [9.17, 15) is 13.2 Å². The standard InChI is InChI=1S/C22H24F3NO3S/c23-22(24,25)28-18-4-2-1-3-16(18)19-17(20(29-26-19)12-5-6-12)11-27-15-9-13-7-8-14(10-15)21(13)30/h1-4,12-15,21,30H,5-11H2. The summed E-state index contributed by atoms with van der Waals surface area (Å²) >= 11 is 4.76. The molecule has 2 bridgehead atoms. The Labute approximate surface area is 178 Å². The number of halogens is 3. The highest BCUT2D eigenvalue weighted by Gasteiger charge is 2.42. The Morgan fingerprint density at radius 1 is 1.07 bits per heavy atom. The van der Waals surface area contributed by atoms with Crippen molar-refractivity contribution in [3.05, 3.63) is 35.6 Å². The van der Waals surface area contributed by atoms with E-state index in [1.165, 1.54) is 25.0 Å². The smallest absolute Gasteiger partial charge is 0.405 e. The largest absolute Gasteiger partial charge is 0.573 e. The zero-order valence-electron chi connectivity index (χ0n) is 16.4. The predicted octanol–water partition coefficient (Wildman–Crippen LogP) is 6.12. The number of nitrogens with zero attached hydrogens (tertiary/aromatic N) is 1. The monoisotopic (exact) mass is 439 g/mol. The van der Waals surface area contributed by atoms with Crippen molar-refractivity contribution in [1.29, 1.82) is 0 Å². The van der Waals surface area contributed by atoms with Crippen LogP contribution in [-0.2, 0) is 11.3 Å². The third kappa shape index (κ3) is 4.08. The van der Waals surface area contributed by atoms with Crippen LogP contribution in [0.4, 0.5) is 13.2 Å². The van der Waals surface area contributed by atoms with Gasteiger partial charge in [0.15, 0.2) is 0 Å². The van der Waals surface area contributed by atoms with E-state index < -0.39 is 6.36 Å². The summed E-state index contributed by atoms with van der Waals surface area (Å²) in [6.07, 6.45) is 1.73. The molecule has 5 rings (SSSR count). The van der Waals surface area contributed by atoms with Gasteiger partial charge in [-0.3, -0.25) is 0 Å². The topological polar surface area (TPSA) is 44.5 Å². The molecule has 2 atom stereocenters. The van der Waals surface area contributed by atoms with Crippen LogP contribution in [0.15, 0.2) is 28.8 Å². The van der Waals surface area contributed by atoms with Crippen molar-refractivity contribution in [1.82, 2.24) is 5.16 Å². The Hall–Kier alpha value is -1.67. The number of fused-ring (bicyclic) bond motifs is 2. The van der Waals surface area contributed by atoms with E-state index in [1.807, 2.05) is 0 Å². The predicted molar refractivity (Wildman–Crippen MR) is 107 cm³/mol. The number of hydrogen-bond acceptors (Lipinski definition) is 5. The van der Waals surface area contributed by atoms with Crippen molar-refractivity contribution < 1.29 is 27.2 Å². The lowest BCUT2D eigenvalue weighted by Crippen LogP contribution is -2.31. The van der Waals surface area contributed by atoms with E-state index in [-0.39, 0.29) is 29.9 Å². The second-order valence-electron chi connectivity index (χ2n) is 8.68. The molecule has 0 saturated heterocycles. The first-order chi connectivity index (χ1) is 14.4. The third-order valence-electron chi connectivity index (χ3n) is 6.60. The number of alkyl halides is 3. The van der Waals surface area contributed by atoms with Crippen molar-refractivity contribution in [2.24, 2.45) is 11.8 Å². The van der Waals surface area contributed by atoms with Gasteiger partial charge < -0.3 is 14.0 Å². The molecule has 3 saturated carbocycles. The summed E-state index contributed by atoms with van der Waals surface area (Å²) in [5.74, 6) is 1.89. The summed E-state index contributed by atoms with van der Waals surface area (Å²) in [4.78, 5) is 0. The lowest BCUT2D eigenvalue weighted by atomic mass is 9.86. The zero-order chi connectivity index (χ0) is 20.9. The van der Waals surface area contributed by atoms with Gasteiger partial charge >= 0.3 is 6.36 Å². The maximum absolute atomic E-state index is 12.9. The Morgan fingerprint density at radius 3 is 2.43 bits per heavy atom. The van der Waals surface area contributed by atoms with Crippen molar-refractivity contribution in [2.45, 2.75) is 68.8 Å². The zero-order valence-corrected chi connectivity index (χ0v) is 17.3. The highest BCUT2D eigenvalue weighted by atomic mass is 32.1. The molecule has 1 aromatic heterocycles. The molecule has 162 valence electrons. The minimum Gasteiger partial charge on any atom is -0.405 e. The highest BCUT2D eigenvalue weighted by Crippen LogP contribution is 2.48. The summed E-state index contributed by atoms with van der Waals surface area (Å²) in [5.41, 5.74) is 1.39. The van der Waals surface area contributed by atoms with Crippen LogP contribution in [0.3, 0.4) is 0 Å². The van der Waals surface area contributed by atoms with Crippen LogP contribution >= 0.6 is 12.6 Å². The van der Waals surface area contributed by atoms with Crippen LogP contribution in [0.2, 0.25) is 0 Å². The number of rotatable bonds is 6. The minimum absolute atomic E-state index is 0.141. The fourth-order valence-corrected chi connectivity index (χ4v) is 5.53. The molecule has 30 heavy (non-hydrogen) atoms. The number of benzene rings is 1. The Balaban J connectivity index is 1.40. The van der Waals surface area contributed by atoms with Crippen LogP contribution in [-0.4, -0.2) is 22.9 Å². The lowest BCUT2D eigenvalue weighted by Gasteiger charge is -2.32. The molecule has 8 heteroatoms. The molecule has 0 aliphatic heterocycles. The summed E-state index contributed by atoms with van der Waals surface area (Å²) in [7, 11) is 0. The molecule has 0 N–H and O–H groups in total. The number of thiol groups is 1. The Kier molecular flexibility index (Phi) is 5.25. The highest BCUT2D eigenvalue weighted by molar-refractivity contribution is 7.81. The maximum Gasteiger partial charge on any atom is 0.573 e. The fourth-order valence-electron chi connectivity index (χ4n) is 4.99. The SMILES string of the molecule is FC(F)(F)Oc1ccccc1-c1noc(C2CC2)c1COC1CC2CCC(C1)C2S. The molecular formula is C22H24F3NO3S. The molecule has 0 radical (unpaired) electrons. The number of ether oxygens (including phenoxy) is 2. The number of para-hydroxylation sites is 1. The van der Waals surface area contributed by atoms with Crippen molar-refractivity contribution >= 4 is 12.6 Å². The molecule has 4 nitrogen and oxygen atoms in total. The number of aromatic nitrogens is 1. The van der Waals surface area contributed by atoms with Crippen molar-refractivity contribution in [3.8, 4) is 17.0 Å². The van der Waals surface area contributed by atoms with Crippen LogP contribution < -0.4 is 4.74 Å². The molecule has 3 fully saturated rings. The molecule has 0 spiro atoms. The van der Waals surface area contributed by atoms with E-state index in [0.29, 0.717) is 22.8 Å². The van der Waals surface area contributed by atoms with Gasteiger partial charge in [-0.1, -0.05) is 17.3 Å².